The fraction of sp³-hybridized carbons (Fsp3) is 0.647. The van der Waals surface area contributed by atoms with E-state index in [-0.39, 0.29) is 12.0 Å². The second-order valence-corrected chi connectivity index (χ2v) is 6.26. The Balaban J connectivity index is 1.82. The molecule has 1 saturated heterocycles. The van der Waals surface area contributed by atoms with Crippen LogP contribution < -0.4 is 0 Å². The van der Waals surface area contributed by atoms with E-state index in [1.165, 1.54) is 0 Å². The van der Waals surface area contributed by atoms with Crippen LogP contribution in [0.3, 0.4) is 0 Å². The first-order chi connectivity index (χ1) is 9.58. The molecule has 2 atom stereocenters. The molecule has 20 heavy (non-hydrogen) atoms. The number of piperazine rings is 1. The summed E-state index contributed by atoms with van der Waals surface area (Å²) in [5.41, 5.74) is 1.03. The van der Waals surface area contributed by atoms with Gasteiger partial charge in [0.15, 0.2) is 0 Å². The Bertz CT molecular complexity index is 385. The zero-order valence-electron chi connectivity index (χ0n) is 13.0. The summed E-state index contributed by atoms with van der Waals surface area (Å²) in [5, 5.41) is 10.4. The second kappa shape index (κ2) is 7.21. The predicted octanol–water partition coefficient (Wildman–Crippen LogP) is 2.38. The van der Waals surface area contributed by atoms with Gasteiger partial charge >= 0.3 is 0 Å². The average Bonchev–Trinajstić information content (AvgIpc) is 2.48. The van der Waals surface area contributed by atoms with Crippen molar-refractivity contribution in [2.75, 3.05) is 32.7 Å². The lowest BCUT2D eigenvalue weighted by Gasteiger charge is -2.38. The number of hydrogen-bond acceptors (Lipinski definition) is 3. The lowest BCUT2D eigenvalue weighted by atomic mass is 9.96. The smallest absolute Gasteiger partial charge is 0.0827 e. The van der Waals surface area contributed by atoms with Gasteiger partial charge < -0.3 is 10.0 Å². The molecular weight excluding hydrogens is 248 g/mol. The molecule has 1 aromatic carbocycles. The first-order valence-corrected chi connectivity index (χ1v) is 7.77. The summed E-state index contributed by atoms with van der Waals surface area (Å²) in [6.45, 7) is 12.2. The van der Waals surface area contributed by atoms with Gasteiger partial charge in [-0.15, -0.1) is 0 Å². The number of aliphatic hydroxyl groups excluding tert-OH is 1. The molecular formula is C17H28N2O. The van der Waals surface area contributed by atoms with Crippen LogP contribution in [0.1, 0.15) is 32.4 Å². The highest BCUT2D eigenvalue weighted by Crippen LogP contribution is 2.22. The minimum absolute atomic E-state index is 0.267. The average molecular weight is 276 g/mol. The van der Waals surface area contributed by atoms with E-state index in [2.05, 4.69) is 30.6 Å². The normalized spacial score (nSPS) is 21.1. The third kappa shape index (κ3) is 4.05. The van der Waals surface area contributed by atoms with Gasteiger partial charge in [0.05, 0.1) is 6.10 Å². The summed E-state index contributed by atoms with van der Waals surface area (Å²) in [6.07, 6.45) is -0.362. The first kappa shape index (κ1) is 15.5. The van der Waals surface area contributed by atoms with Gasteiger partial charge in [-0.3, -0.25) is 4.90 Å². The van der Waals surface area contributed by atoms with Crippen molar-refractivity contribution in [3.63, 3.8) is 0 Å². The van der Waals surface area contributed by atoms with Crippen molar-refractivity contribution < 1.29 is 5.11 Å². The Morgan fingerprint density at radius 1 is 1.00 bits per heavy atom. The largest absolute Gasteiger partial charge is 0.388 e. The number of aliphatic hydroxyl groups is 1. The highest BCUT2D eigenvalue weighted by atomic mass is 16.3. The number of benzene rings is 1. The molecule has 1 aliphatic heterocycles. The van der Waals surface area contributed by atoms with E-state index in [1.54, 1.807) is 0 Å². The molecule has 0 aromatic heterocycles. The quantitative estimate of drug-likeness (QED) is 0.894. The van der Waals surface area contributed by atoms with Crippen LogP contribution in [-0.2, 0) is 0 Å². The van der Waals surface area contributed by atoms with Gasteiger partial charge in [0.25, 0.3) is 0 Å². The third-order valence-electron chi connectivity index (χ3n) is 4.36. The monoisotopic (exact) mass is 276 g/mol. The molecule has 0 saturated carbocycles. The van der Waals surface area contributed by atoms with Crippen LogP contribution in [-0.4, -0.2) is 53.7 Å². The Morgan fingerprint density at radius 3 is 2.15 bits per heavy atom. The van der Waals surface area contributed by atoms with Crippen LogP contribution in [0.4, 0.5) is 0 Å². The SMILES string of the molecule is CC(CN1CCN(C(C)C)CC1)C(O)c1ccccc1. The van der Waals surface area contributed by atoms with Crippen molar-refractivity contribution >= 4 is 0 Å². The Labute approximate surface area is 123 Å². The molecule has 1 aromatic rings. The Morgan fingerprint density at radius 2 is 1.60 bits per heavy atom. The summed E-state index contributed by atoms with van der Waals surface area (Å²) in [7, 11) is 0. The van der Waals surface area contributed by atoms with E-state index in [9.17, 15) is 5.11 Å². The summed E-state index contributed by atoms with van der Waals surface area (Å²) in [4.78, 5) is 5.00. The minimum Gasteiger partial charge on any atom is -0.388 e. The van der Waals surface area contributed by atoms with Crippen LogP contribution in [0.25, 0.3) is 0 Å². The van der Waals surface area contributed by atoms with E-state index < -0.39 is 0 Å². The van der Waals surface area contributed by atoms with E-state index in [0.29, 0.717) is 6.04 Å². The van der Waals surface area contributed by atoms with Gasteiger partial charge in [-0.1, -0.05) is 37.3 Å². The molecule has 2 unspecified atom stereocenters. The standard InChI is InChI=1S/C17H28N2O/c1-14(2)19-11-9-18(10-12-19)13-15(3)17(20)16-7-5-4-6-8-16/h4-8,14-15,17,20H,9-13H2,1-3H3. The Kier molecular flexibility index (Phi) is 5.58. The first-order valence-electron chi connectivity index (χ1n) is 7.77. The van der Waals surface area contributed by atoms with E-state index in [1.807, 2.05) is 30.3 Å². The van der Waals surface area contributed by atoms with Gasteiger partial charge in [-0.25, -0.2) is 0 Å². The lowest BCUT2D eigenvalue weighted by Crippen LogP contribution is -2.50. The van der Waals surface area contributed by atoms with E-state index in [4.69, 9.17) is 0 Å². The topological polar surface area (TPSA) is 26.7 Å². The van der Waals surface area contributed by atoms with Crippen molar-refractivity contribution in [2.45, 2.75) is 32.9 Å². The van der Waals surface area contributed by atoms with Crippen molar-refractivity contribution in [3.8, 4) is 0 Å². The summed E-state index contributed by atoms with van der Waals surface area (Å²) < 4.78 is 0. The molecule has 0 spiro atoms. The van der Waals surface area contributed by atoms with Crippen LogP contribution >= 0.6 is 0 Å². The van der Waals surface area contributed by atoms with Crippen molar-refractivity contribution in [3.05, 3.63) is 35.9 Å². The molecule has 1 aliphatic rings. The molecule has 1 fully saturated rings. The number of hydrogen-bond donors (Lipinski definition) is 1. The second-order valence-electron chi connectivity index (χ2n) is 6.26. The predicted molar refractivity (Wildman–Crippen MR) is 83.7 cm³/mol. The van der Waals surface area contributed by atoms with Crippen LogP contribution in [0, 0.1) is 5.92 Å². The number of rotatable bonds is 5. The highest BCUT2D eigenvalue weighted by Gasteiger charge is 2.23. The zero-order chi connectivity index (χ0) is 14.5. The van der Waals surface area contributed by atoms with Gasteiger partial charge in [0.1, 0.15) is 0 Å². The van der Waals surface area contributed by atoms with E-state index >= 15 is 0 Å². The molecule has 0 bridgehead atoms. The molecule has 1 heterocycles. The fourth-order valence-corrected chi connectivity index (χ4v) is 2.95. The molecule has 3 nitrogen and oxygen atoms in total. The highest BCUT2D eigenvalue weighted by molar-refractivity contribution is 5.17. The molecule has 3 heteroatoms. The van der Waals surface area contributed by atoms with Gasteiger partial charge in [-0.05, 0) is 25.3 Å². The van der Waals surface area contributed by atoms with Gasteiger partial charge in [0, 0.05) is 38.8 Å². The molecule has 1 N–H and O–H groups in total. The number of nitrogens with zero attached hydrogens (tertiary/aromatic N) is 2. The van der Waals surface area contributed by atoms with Crippen LogP contribution in [0.2, 0.25) is 0 Å². The Hall–Kier alpha value is -0.900. The summed E-state index contributed by atoms with van der Waals surface area (Å²) >= 11 is 0. The maximum Gasteiger partial charge on any atom is 0.0827 e. The molecule has 2 rings (SSSR count). The minimum atomic E-state index is -0.362. The molecule has 0 radical (unpaired) electrons. The lowest BCUT2D eigenvalue weighted by molar-refractivity contribution is 0.0571. The maximum atomic E-state index is 10.4. The van der Waals surface area contributed by atoms with Crippen molar-refractivity contribution in [2.24, 2.45) is 5.92 Å². The zero-order valence-corrected chi connectivity index (χ0v) is 13.0. The maximum absolute atomic E-state index is 10.4. The van der Waals surface area contributed by atoms with Gasteiger partial charge in [-0.2, -0.15) is 0 Å². The van der Waals surface area contributed by atoms with E-state index in [0.717, 1.165) is 38.3 Å². The van der Waals surface area contributed by atoms with Gasteiger partial charge in [0.2, 0.25) is 0 Å². The third-order valence-corrected chi connectivity index (χ3v) is 4.36. The van der Waals surface area contributed by atoms with Crippen LogP contribution in [0.5, 0.6) is 0 Å². The van der Waals surface area contributed by atoms with Crippen LogP contribution in [0.15, 0.2) is 30.3 Å². The summed E-state index contributed by atoms with van der Waals surface area (Å²) in [6, 6.07) is 10.6. The molecule has 0 aliphatic carbocycles. The molecule has 112 valence electrons. The van der Waals surface area contributed by atoms with Crippen molar-refractivity contribution in [1.82, 2.24) is 9.80 Å². The fourth-order valence-electron chi connectivity index (χ4n) is 2.95. The molecule has 0 amide bonds. The van der Waals surface area contributed by atoms with Crippen molar-refractivity contribution in [1.29, 1.82) is 0 Å². The summed E-state index contributed by atoms with van der Waals surface area (Å²) in [5.74, 6) is 0.267.